The molecular formula is C23H30N2O4S. The topological polar surface area (TPSA) is 75.7 Å². The van der Waals surface area contributed by atoms with Gasteiger partial charge < -0.3 is 9.64 Å². The first-order chi connectivity index (χ1) is 14.3. The van der Waals surface area contributed by atoms with E-state index in [0.29, 0.717) is 30.8 Å². The van der Waals surface area contributed by atoms with Gasteiger partial charge in [-0.25, -0.2) is 13.1 Å². The standard InChI is InChI=1S/C23H30N2O4S/c1-4-19-7-5-6-8-21(19)29-16-23(26)25-13-11-20(12-14-25)24-30(27,28)22-10-9-17(2)15-18(22)3/h5-10,15,20,24H,4,11-14,16H2,1-3H3. The molecule has 1 aliphatic rings. The maximum absolute atomic E-state index is 12.8. The number of aryl methyl sites for hydroxylation is 3. The Morgan fingerprint density at radius 2 is 1.83 bits per heavy atom. The normalized spacial score (nSPS) is 15.2. The van der Waals surface area contributed by atoms with Crippen LogP contribution in [0, 0.1) is 13.8 Å². The highest BCUT2D eigenvalue weighted by Gasteiger charge is 2.27. The van der Waals surface area contributed by atoms with Crippen molar-refractivity contribution in [3.05, 3.63) is 59.2 Å². The number of carbonyl (C=O) groups excluding carboxylic acids is 1. The minimum absolute atomic E-state index is 0.00400. The van der Waals surface area contributed by atoms with E-state index >= 15 is 0 Å². The molecule has 0 aliphatic carbocycles. The van der Waals surface area contributed by atoms with Crippen LogP contribution < -0.4 is 9.46 Å². The number of rotatable bonds is 7. The summed E-state index contributed by atoms with van der Waals surface area (Å²) in [4.78, 5) is 14.6. The van der Waals surface area contributed by atoms with Crippen LogP contribution in [0.15, 0.2) is 47.4 Å². The number of piperidine rings is 1. The molecule has 0 saturated carbocycles. The predicted molar refractivity (Wildman–Crippen MR) is 117 cm³/mol. The van der Waals surface area contributed by atoms with E-state index in [-0.39, 0.29) is 18.6 Å². The fourth-order valence-electron chi connectivity index (χ4n) is 3.80. The van der Waals surface area contributed by atoms with Gasteiger partial charge in [0.15, 0.2) is 6.61 Å². The first-order valence-electron chi connectivity index (χ1n) is 10.4. The molecule has 7 heteroatoms. The Labute approximate surface area is 179 Å². The van der Waals surface area contributed by atoms with E-state index < -0.39 is 10.0 Å². The molecule has 0 radical (unpaired) electrons. The van der Waals surface area contributed by atoms with Crippen LogP contribution in [0.3, 0.4) is 0 Å². The van der Waals surface area contributed by atoms with Crippen molar-refractivity contribution in [1.82, 2.24) is 9.62 Å². The van der Waals surface area contributed by atoms with Gasteiger partial charge in [-0.2, -0.15) is 0 Å². The summed E-state index contributed by atoms with van der Waals surface area (Å²) >= 11 is 0. The van der Waals surface area contributed by atoms with Crippen molar-refractivity contribution in [3.63, 3.8) is 0 Å². The molecule has 2 aromatic carbocycles. The van der Waals surface area contributed by atoms with Gasteiger partial charge in [0.2, 0.25) is 10.0 Å². The summed E-state index contributed by atoms with van der Waals surface area (Å²) in [5.74, 6) is 0.668. The van der Waals surface area contributed by atoms with Crippen LogP contribution in [0.25, 0.3) is 0 Å². The third-order valence-corrected chi connectivity index (χ3v) is 7.17. The molecule has 0 bridgehead atoms. The molecular weight excluding hydrogens is 400 g/mol. The van der Waals surface area contributed by atoms with Gasteiger partial charge in [-0.05, 0) is 56.4 Å². The van der Waals surface area contributed by atoms with Gasteiger partial charge in [-0.1, -0.05) is 42.8 Å². The molecule has 1 fully saturated rings. The summed E-state index contributed by atoms with van der Waals surface area (Å²) in [5.41, 5.74) is 2.84. The molecule has 0 aromatic heterocycles. The maximum atomic E-state index is 12.8. The number of carbonyl (C=O) groups is 1. The van der Waals surface area contributed by atoms with Crippen molar-refractivity contribution in [2.45, 2.75) is 51.0 Å². The molecule has 1 N–H and O–H groups in total. The number of hydrogen-bond acceptors (Lipinski definition) is 4. The Balaban J connectivity index is 1.52. The van der Waals surface area contributed by atoms with Crippen molar-refractivity contribution in [2.24, 2.45) is 0 Å². The van der Waals surface area contributed by atoms with E-state index in [2.05, 4.69) is 4.72 Å². The van der Waals surface area contributed by atoms with Gasteiger partial charge in [0.05, 0.1) is 4.90 Å². The number of nitrogens with one attached hydrogen (secondary N) is 1. The van der Waals surface area contributed by atoms with Crippen LogP contribution in [0.2, 0.25) is 0 Å². The first kappa shape index (κ1) is 22.3. The highest BCUT2D eigenvalue weighted by Crippen LogP contribution is 2.20. The number of benzene rings is 2. The summed E-state index contributed by atoms with van der Waals surface area (Å²) in [7, 11) is -3.58. The molecule has 6 nitrogen and oxygen atoms in total. The third-order valence-electron chi connectivity index (χ3n) is 5.49. The average Bonchev–Trinajstić information content (AvgIpc) is 2.72. The molecule has 0 atom stereocenters. The van der Waals surface area contributed by atoms with Gasteiger partial charge in [0.25, 0.3) is 5.91 Å². The largest absolute Gasteiger partial charge is 0.483 e. The fourth-order valence-corrected chi connectivity index (χ4v) is 5.33. The summed E-state index contributed by atoms with van der Waals surface area (Å²) in [6.07, 6.45) is 2.01. The molecule has 3 rings (SSSR count). The Morgan fingerprint density at radius 3 is 2.50 bits per heavy atom. The molecule has 1 saturated heterocycles. The molecule has 30 heavy (non-hydrogen) atoms. The van der Waals surface area contributed by atoms with Crippen molar-refractivity contribution < 1.29 is 17.9 Å². The van der Waals surface area contributed by atoms with Gasteiger partial charge in [0.1, 0.15) is 5.75 Å². The van der Waals surface area contributed by atoms with Gasteiger partial charge in [-0.3, -0.25) is 4.79 Å². The molecule has 1 heterocycles. The van der Waals surface area contributed by atoms with E-state index in [9.17, 15) is 13.2 Å². The molecule has 162 valence electrons. The molecule has 0 spiro atoms. The predicted octanol–water partition coefficient (Wildman–Crippen LogP) is 3.21. The van der Waals surface area contributed by atoms with E-state index in [1.54, 1.807) is 24.0 Å². The highest BCUT2D eigenvalue weighted by molar-refractivity contribution is 7.89. The van der Waals surface area contributed by atoms with Gasteiger partial charge in [0, 0.05) is 19.1 Å². The lowest BCUT2D eigenvalue weighted by Crippen LogP contribution is -2.47. The molecule has 2 aromatic rings. The second-order valence-corrected chi connectivity index (χ2v) is 9.48. The minimum Gasteiger partial charge on any atom is -0.483 e. The SMILES string of the molecule is CCc1ccccc1OCC(=O)N1CCC(NS(=O)(=O)c2ccc(C)cc2C)CC1. The highest BCUT2D eigenvalue weighted by atomic mass is 32.2. The monoisotopic (exact) mass is 430 g/mol. The van der Waals surface area contributed by atoms with Crippen LogP contribution in [-0.2, 0) is 21.2 Å². The number of para-hydroxylation sites is 1. The summed E-state index contributed by atoms with van der Waals surface area (Å²) in [5, 5.41) is 0. The lowest BCUT2D eigenvalue weighted by molar-refractivity contribution is -0.134. The number of hydrogen-bond donors (Lipinski definition) is 1. The van der Waals surface area contributed by atoms with Crippen molar-refractivity contribution in [3.8, 4) is 5.75 Å². The van der Waals surface area contributed by atoms with Crippen molar-refractivity contribution in [2.75, 3.05) is 19.7 Å². The maximum Gasteiger partial charge on any atom is 0.260 e. The van der Waals surface area contributed by atoms with Crippen LogP contribution in [0.1, 0.15) is 36.5 Å². The number of likely N-dealkylation sites (tertiary alicyclic amines) is 1. The fraction of sp³-hybridized carbons (Fsp3) is 0.435. The Morgan fingerprint density at radius 1 is 1.13 bits per heavy atom. The van der Waals surface area contributed by atoms with Crippen LogP contribution in [0.4, 0.5) is 0 Å². The Kier molecular flexibility index (Phi) is 7.15. The van der Waals surface area contributed by atoms with E-state index in [4.69, 9.17) is 4.74 Å². The number of sulfonamides is 1. The molecule has 1 aliphatic heterocycles. The van der Waals surface area contributed by atoms with Crippen LogP contribution >= 0.6 is 0 Å². The van der Waals surface area contributed by atoms with Gasteiger partial charge in [-0.15, -0.1) is 0 Å². The quantitative estimate of drug-likeness (QED) is 0.732. The Bertz CT molecular complexity index is 996. The van der Waals surface area contributed by atoms with E-state index in [0.717, 1.165) is 28.9 Å². The first-order valence-corrected chi connectivity index (χ1v) is 11.9. The third kappa shape index (κ3) is 5.40. The van der Waals surface area contributed by atoms with E-state index in [1.807, 2.05) is 44.2 Å². The Hall–Kier alpha value is -2.38. The van der Waals surface area contributed by atoms with Gasteiger partial charge >= 0.3 is 0 Å². The number of ether oxygens (including phenoxy) is 1. The minimum atomic E-state index is -3.58. The molecule has 1 amide bonds. The van der Waals surface area contributed by atoms with E-state index in [1.165, 1.54) is 0 Å². The second kappa shape index (κ2) is 9.62. The van der Waals surface area contributed by atoms with Crippen molar-refractivity contribution in [1.29, 1.82) is 0 Å². The zero-order valence-electron chi connectivity index (χ0n) is 17.8. The zero-order chi connectivity index (χ0) is 21.7. The summed E-state index contributed by atoms with van der Waals surface area (Å²) < 4.78 is 34.0. The summed E-state index contributed by atoms with van der Waals surface area (Å²) in [6.45, 7) is 6.81. The number of nitrogens with zero attached hydrogens (tertiary/aromatic N) is 1. The molecule has 0 unspecified atom stereocenters. The smallest absolute Gasteiger partial charge is 0.260 e. The zero-order valence-corrected chi connectivity index (χ0v) is 18.7. The van der Waals surface area contributed by atoms with Crippen molar-refractivity contribution >= 4 is 15.9 Å². The van der Waals surface area contributed by atoms with Crippen LogP contribution in [-0.4, -0.2) is 45.0 Å². The lowest BCUT2D eigenvalue weighted by Gasteiger charge is -2.32. The number of amides is 1. The second-order valence-electron chi connectivity index (χ2n) is 7.80. The van der Waals surface area contributed by atoms with Crippen LogP contribution in [0.5, 0.6) is 5.75 Å². The summed E-state index contributed by atoms with van der Waals surface area (Å²) in [6, 6.07) is 12.9. The average molecular weight is 431 g/mol. The lowest BCUT2D eigenvalue weighted by atomic mass is 10.1.